The Balaban J connectivity index is 1.13. The van der Waals surface area contributed by atoms with Gasteiger partial charge in [-0.05, 0) is 108 Å². The third kappa shape index (κ3) is 4.80. The lowest BCUT2D eigenvalue weighted by atomic mass is 9.49. The van der Waals surface area contributed by atoms with E-state index in [2.05, 4.69) is 91.9 Å². The molecule has 4 aliphatic carbocycles. The summed E-state index contributed by atoms with van der Waals surface area (Å²) in [6.07, 6.45) is 12.3. The van der Waals surface area contributed by atoms with Gasteiger partial charge in [-0.1, -0.05) is 73.7 Å². The molecule has 0 amide bonds. The number of rotatable bonds is 7. The van der Waals surface area contributed by atoms with Crippen LogP contribution in [0.1, 0.15) is 81.9 Å². The second kappa shape index (κ2) is 11.4. The van der Waals surface area contributed by atoms with Crippen LogP contribution in [0.3, 0.4) is 0 Å². The average Bonchev–Trinajstić information content (AvgIpc) is 3.13. The number of carbonyl (C=O) groups is 1. The number of quaternary nitrogens is 1. The Hall–Kier alpha value is -3.76. The lowest BCUT2D eigenvalue weighted by molar-refractivity contribution is -0.985. The number of ether oxygens (including phenoxy) is 1. The first kappa shape index (κ1) is 30.1. The first-order valence-corrected chi connectivity index (χ1v) is 19.3. The summed E-state index contributed by atoms with van der Waals surface area (Å²) >= 11 is 0. The Labute approximate surface area is 290 Å². The summed E-state index contributed by atoms with van der Waals surface area (Å²) in [6.45, 7) is 5.64. The summed E-state index contributed by atoms with van der Waals surface area (Å²) in [7, 11) is 0. The monoisotopic (exact) mass is 649 g/mol. The van der Waals surface area contributed by atoms with Crippen LogP contribution in [0.25, 0.3) is 32.4 Å². The van der Waals surface area contributed by atoms with Crippen molar-refractivity contribution >= 4 is 38.4 Å². The van der Waals surface area contributed by atoms with Gasteiger partial charge in [0.1, 0.15) is 12.6 Å². The molecule has 0 spiro atoms. The zero-order chi connectivity index (χ0) is 32.7. The second-order valence-electron chi connectivity index (χ2n) is 17.0. The van der Waals surface area contributed by atoms with Crippen molar-refractivity contribution in [1.82, 2.24) is 4.98 Å². The molecule has 7 aliphatic rings. The smallest absolute Gasteiger partial charge is 0.312 e. The number of fused-ring (bicyclic) bond motifs is 6. The van der Waals surface area contributed by atoms with Crippen LogP contribution in [0.2, 0.25) is 0 Å². The molecule has 4 heteroatoms. The quantitative estimate of drug-likeness (QED) is 0.100. The summed E-state index contributed by atoms with van der Waals surface area (Å²) in [4.78, 5) is 19.7. The van der Waals surface area contributed by atoms with Gasteiger partial charge < -0.3 is 9.22 Å². The van der Waals surface area contributed by atoms with Crippen molar-refractivity contribution in [2.75, 3.05) is 13.1 Å². The average molecular weight is 650 g/mol. The number of para-hydroxylation sites is 1. The fourth-order valence-electron chi connectivity index (χ4n) is 12.6. The number of esters is 1. The minimum Gasteiger partial charge on any atom is -0.451 e. The maximum atomic E-state index is 15.0. The van der Waals surface area contributed by atoms with Gasteiger partial charge in [-0.2, -0.15) is 0 Å². The van der Waals surface area contributed by atoms with Gasteiger partial charge in [-0.3, -0.25) is 9.78 Å². The molecule has 6 bridgehead atoms. The summed E-state index contributed by atoms with van der Waals surface area (Å²) in [5, 5.41) is 6.50. The van der Waals surface area contributed by atoms with Crippen molar-refractivity contribution in [3.63, 3.8) is 0 Å². The lowest BCUT2D eigenvalue weighted by Crippen LogP contribution is -2.68. The summed E-state index contributed by atoms with van der Waals surface area (Å²) < 4.78 is 8.23. The molecule has 4 heterocycles. The number of carbonyl (C=O) groups excluding carboxylic acids is 1. The van der Waals surface area contributed by atoms with E-state index >= 15 is 0 Å². The van der Waals surface area contributed by atoms with Gasteiger partial charge in [0.05, 0.1) is 24.0 Å². The third-order valence-corrected chi connectivity index (χ3v) is 14.4. The molecule has 4 saturated carbocycles. The highest BCUT2D eigenvalue weighted by Crippen LogP contribution is 2.61. The van der Waals surface area contributed by atoms with Crippen LogP contribution in [-0.4, -0.2) is 34.6 Å². The lowest BCUT2D eigenvalue weighted by Gasteiger charge is -2.59. The van der Waals surface area contributed by atoms with E-state index in [1.807, 2.05) is 6.20 Å². The van der Waals surface area contributed by atoms with Crippen LogP contribution >= 0.6 is 0 Å². The first-order chi connectivity index (χ1) is 24.0. The molecule has 250 valence electrons. The van der Waals surface area contributed by atoms with E-state index < -0.39 is 0 Å². The highest BCUT2D eigenvalue weighted by molar-refractivity contribution is 6.02. The van der Waals surface area contributed by atoms with Gasteiger partial charge in [-0.15, -0.1) is 0 Å². The van der Waals surface area contributed by atoms with Crippen LogP contribution in [0.5, 0.6) is 0 Å². The summed E-state index contributed by atoms with van der Waals surface area (Å²) in [6, 6.07) is 31.2. The highest BCUT2D eigenvalue weighted by Gasteiger charge is 2.59. The topological polar surface area (TPSA) is 39.2 Å². The predicted octanol–water partition coefficient (Wildman–Crippen LogP) is 10.2. The van der Waals surface area contributed by atoms with E-state index in [1.54, 1.807) is 0 Å². The molecule has 1 aromatic heterocycles. The molecule has 4 aromatic carbocycles. The Morgan fingerprint density at radius 2 is 1.47 bits per heavy atom. The zero-order valence-electron chi connectivity index (χ0n) is 28.9. The Bertz CT molecular complexity index is 1990. The highest BCUT2D eigenvalue weighted by atomic mass is 16.5. The van der Waals surface area contributed by atoms with E-state index in [0.29, 0.717) is 29.6 Å². The number of hydrogen-bond acceptors (Lipinski definition) is 3. The van der Waals surface area contributed by atoms with Gasteiger partial charge in [-0.25, -0.2) is 0 Å². The minimum atomic E-state index is -0.296. The van der Waals surface area contributed by atoms with Gasteiger partial charge in [0.25, 0.3) is 0 Å². The van der Waals surface area contributed by atoms with Crippen LogP contribution in [0.4, 0.5) is 0 Å². The van der Waals surface area contributed by atoms with Crippen molar-refractivity contribution < 1.29 is 14.0 Å². The molecule has 0 radical (unpaired) electrons. The van der Waals surface area contributed by atoms with Crippen LogP contribution < -0.4 is 0 Å². The molecular weight excluding hydrogens is 601 g/mol. The first-order valence-electron chi connectivity index (χ1n) is 19.3. The minimum absolute atomic E-state index is 0.112. The van der Waals surface area contributed by atoms with Gasteiger partial charge in [0.2, 0.25) is 0 Å². The Morgan fingerprint density at radius 1 is 0.837 bits per heavy atom. The molecule has 0 N–H and O–H groups in total. The molecular formula is C45H49N2O2+. The zero-order valence-corrected chi connectivity index (χ0v) is 28.9. The molecule has 5 atom stereocenters. The fraction of sp³-hybridized carbons (Fsp3) is 0.467. The molecule has 4 unspecified atom stereocenters. The maximum Gasteiger partial charge on any atom is 0.312 e. The summed E-state index contributed by atoms with van der Waals surface area (Å²) in [5.41, 5.74) is 3.32. The van der Waals surface area contributed by atoms with Crippen molar-refractivity contribution in [1.29, 1.82) is 0 Å². The van der Waals surface area contributed by atoms with Crippen molar-refractivity contribution in [2.24, 2.45) is 35.0 Å². The van der Waals surface area contributed by atoms with Gasteiger partial charge >= 0.3 is 5.97 Å². The van der Waals surface area contributed by atoms with E-state index in [-0.39, 0.29) is 23.5 Å². The van der Waals surface area contributed by atoms with E-state index in [9.17, 15) is 4.79 Å². The van der Waals surface area contributed by atoms with Crippen LogP contribution in [-0.2, 0) is 16.1 Å². The van der Waals surface area contributed by atoms with Crippen molar-refractivity contribution in [3.05, 3.63) is 102 Å². The molecule has 3 aliphatic heterocycles. The molecule has 5 aromatic rings. The van der Waals surface area contributed by atoms with Crippen molar-refractivity contribution in [2.45, 2.75) is 83.4 Å². The molecule has 7 fully saturated rings. The van der Waals surface area contributed by atoms with Gasteiger partial charge in [0, 0.05) is 41.5 Å². The SMILES string of the molecule is CCC1C[N+]2(Cc3c4ccccc4cc4ccccc34)CCC1CC2[C@H](OC(=O)C12CC3CC(CC(C3)C1)C2)c1ccnc2ccccc12. The van der Waals surface area contributed by atoms with E-state index in [1.165, 1.54) is 59.2 Å². The Morgan fingerprint density at radius 3 is 2.14 bits per heavy atom. The fourth-order valence-corrected chi connectivity index (χ4v) is 12.6. The molecule has 12 rings (SSSR count). The van der Waals surface area contributed by atoms with Crippen LogP contribution in [0, 0.1) is 35.0 Å². The number of piperidine rings is 3. The molecule has 49 heavy (non-hydrogen) atoms. The standard InChI is InChI=1S/C45H49N2O2/c1-2-32-27-47(28-40-36-11-5-3-9-34(36)22-35-10-4-6-12-37(35)40)18-16-33(32)23-42(47)43(39-15-17-46-41-14-8-7-13-38(39)41)49-44(48)45-24-29-19-30(25-45)21-31(20-29)26-45/h3-15,17,22,29-33,42-43H,2,16,18-21,23-28H2,1H3/q+1/t29?,30?,31?,32?,33?,42?,43-,45?,47?/m1/s1. The number of nitrogens with zero attached hydrogens (tertiary/aromatic N) is 2. The van der Waals surface area contributed by atoms with Crippen LogP contribution in [0.15, 0.2) is 91.1 Å². The molecule has 4 nitrogen and oxygen atoms in total. The maximum absolute atomic E-state index is 15.0. The number of hydrogen-bond donors (Lipinski definition) is 0. The number of pyridine rings is 1. The predicted molar refractivity (Wildman–Crippen MR) is 197 cm³/mol. The van der Waals surface area contributed by atoms with E-state index in [0.717, 1.165) is 66.3 Å². The third-order valence-electron chi connectivity index (χ3n) is 14.4. The van der Waals surface area contributed by atoms with E-state index in [4.69, 9.17) is 9.72 Å². The Kier molecular flexibility index (Phi) is 6.99. The number of benzene rings is 4. The summed E-state index contributed by atoms with van der Waals surface area (Å²) in [5.74, 6) is 3.60. The van der Waals surface area contributed by atoms with Gasteiger partial charge in [0.15, 0.2) is 6.10 Å². The second-order valence-corrected chi connectivity index (χ2v) is 17.0. The molecule has 3 saturated heterocycles. The number of aromatic nitrogens is 1. The van der Waals surface area contributed by atoms with Crippen molar-refractivity contribution in [3.8, 4) is 0 Å². The largest absolute Gasteiger partial charge is 0.451 e. The normalized spacial score (nSPS) is 33.7.